The molecule has 0 spiro atoms. The number of thiophene rings is 1. The van der Waals surface area contributed by atoms with Crippen LogP contribution in [0.1, 0.15) is 42.0 Å². The summed E-state index contributed by atoms with van der Waals surface area (Å²) in [5.41, 5.74) is -0.586. The summed E-state index contributed by atoms with van der Waals surface area (Å²) in [4.78, 5) is 9.84. The minimum Gasteiger partial charge on any atom is -0.388 e. The first kappa shape index (κ1) is 22.9. The van der Waals surface area contributed by atoms with Crippen molar-refractivity contribution in [3.8, 4) is 0 Å². The zero-order chi connectivity index (χ0) is 18.4. The predicted molar refractivity (Wildman–Crippen MR) is 122 cm³/mol. The normalized spacial score (nSPS) is 21.1. The second kappa shape index (κ2) is 10.9. The van der Waals surface area contributed by atoms with E-state index in [1.54, 1.807) is 0 Å². The Kier molecular flexibility index (Phi) is 9.27. The Labute approximate surface area is 183 Å². The molecular weight excluding hydrogens is 475 g/mol. The molecule has 2 heterocycles. The van der Waals surface area contributed by atoms with E-state index >= 15 is 0 Å². The van der Waals surface area contributed by atoms with Gasteiger partial charge in [0.1, 0.15) is 0 Å². The maximum absolute atomic E-state index is 10.3. The smallest absolute Gasteiger partial charge is 0.191 e. The van der Waals surface area contributed by atoms with Crippen LogP contribution in [0.4, 0.5) is 0 Å². The first-order chi connectivity index (χ1) is 12.6. The van der Waals surface area contributed by atoms with E-state index in [1.807, 2.05) is 11.3 Å². The number of morpholine rings is 1. The van der Waals surface area contributed by atoms with Crippen molar-refractivity contribution in [2.75, 3.05) is 45.9 Å². The molecule has 154 valence electrons. The highest BCUT2D eigenvalue weighted by Gasteiger charge is 2.34. The van der Waals surface area contributed by atoms with Gasteiger partial charge >= 0.3 is 0 Å². The van der Waals surface area contributed by atoms with Crippen molar-refractivity contribution < 1.29 is 9.84 Å². The maximum atomic E-state index is 10.3. The molecule has 3 rings (SSSR count). The van der Waals surface area contributed by atoms with Crippen LogP contribution in [0.3, 0.4) is 0 Å². The number of hydrogen-bond donors (Lipinski definition) is 3. The summed E-state index contributed by atoms with van der Waals surface area (Å²) in [6, 6.07) is 4.75. The van der Waals surface area contributed by atoms with Crippen molar-refractivity contribution in [2.45, 2.75) is 44.8 Å². The highest BCUT2D eigenvalue weighted by atomic mass is 127. The average molecular weight is 508 g/mol. The standard InChI is InChI=1S/C19H32N4O2S.HI/c1-3-20-18(22-14-19(24)7-4-8-19)21-13-16(17-6-5-15(2)26-17)23-9-11-25-12-10-23;/h5-6,16,24H,3-4,7-14H2,1-2H3,(H2,20,21,22);1H. The van der Waals surface area contributed by atoms with Gasteiger partial charge in [-0.2, -0.15) is 0 Å². The van der Waals surface area contributed by atoms with Gasteiger partial charge in [-0.15, -0.1) is 35.3 Å². The number of ether oxygens (including phenoxy) is 1. The quantitative estimate of drug-likeness (QED) is 0.300. The molecule has 2 aliphatic rings. The summed E-state index contributed by atoms with van der Waals surface area (Å²) < 4.78 is 5.53. The van der Waals surface area contributed by atoms with Crippen LogP contribution in [-0.2, 0) is 4.74 Å². The molecule has 1 aromatic heterocycles. The van der Waals surface area contributed by atoms with Gasteiger partial charge in [0.2, 0.25) is 0 Å². The number of halogens is 1. The van der Waals surface area contributed by atoms with Crippen LogP contribution >= 0.6 is 35.3 Å². The summed E-state index contributed by atoms with van der Waals surface area (Å²) in [5.74, 6) is 0.791. The fraction of sp³-hybridized carbons (Fsp3) is 0.737. The van der Waals surface area contributed by atoms with Crippen LogP contribution < -0.4 is 10.6 Å². The highest BCUT2D eigenvalue weighted by molar-refractivity contribution is 14.0. The molecule has 0 aromatic carbocycles. The molecule has 1 saturated carbocycles. The molecule has 0 amide bonds. The number of aryl methyl sites for hydroxylation is 1. The van der Waals surface area contributed by atoms with Crippen LogP contribution in [-0.4, -0.2) is 67.5 Å². The van der Waals surface area contributed by atoms with Crippen molar-refractivity contribution >= 4 is 41.3 Å². The second-order valence-electron chi connectivity index (χ2n) is 7.27. The fourth-order valence-corrected chi connectivity index (χ4v) is 4.45. The van der Waals surface area contributed by atoms with Gasteiger partial charge in [-0.05, 0) is 45.2 Å². The Morgan fingerprint density at radius 3 is 2.63 bits per heavy atom. The van der Waals surface area contributed by atoms with E-state index in [9.17, 15) is 5.11 Å². The van der Waals surface area contributed by atoms with E-state index in [2.05, 4.69) is 46.5 Å². The Bertz CT molecular complexity index is 600. The molecule has 0 radical (unpaired) electrons. The van der Waals surface area contributed by atoms with Crippen LogP contribution in [0.5, 0.6) is 0 Å². The summed E-state index contributed by atoms with van der Waals surface area (Å²) in [5, 5.41) is 17.1. The molecule has 2 fully saturated rings. The van der Waals surface area contributed by atoms with Gasteiger partial charge in [0.25, 0.3) is 0 Å². The third kappa shape index (κ3) is 6.56. The largest absolute Gasteiger partial charge is 0.388 e. The number of aliphatic hydroxyl groups is 1. The van der Waals surface area contributed by atoms with Crippen molar-refractivity contribution in [1.29, 1.82) is 0 Å². The Hall–Kier alpha value is -0.420. The molecule has 0 bridgehead atoms. The van der Waals surface area contributed by atoms with Gasteiger partial charge in [-0.25, -0.2) is 0 Å². The predicted octanol–water partition coefficient (Wildman–Crippen LogP) is 2.52. The van der Waals surface area contributed by atoms with Gasteiger partial charge in [0.05, 0.1) is 31.4 Å². The lowest BCUT2D eigenvalue weighted by molar-refractivity contribution is -0.0236. The average Bonchev–Trinajstić information content (AvgIpc) is 3.05. The van der Waals surface area contributed by atoms with E-state index in [0.29, 0.717) is 12.6 Å². The van der Waals surface area contributed by atoms with Crippen molar-refractivity contribution in [1.82, 2.24) is 15.5 Å². The van der Waals surface area contributed by atoms with E-state index < -0.39 is 5.60 Å². The Morgan fingerprint density at radius 2 is 2.07 bits per heavy atom. The van der Waals surface area contributed by atoms with E-state index in [4.69, 9.17) is 4.74 Å². The third-order valence-corrected chi connectivity index (χ3v) is 6.30. The van der Waals surface area contributed by atoms with E-state index in [1.165, 1.54) is 9.75 Å². The number of nitrogens with one attached hydrogen (secondary N) is 2. The number of rotatable bonds is 7. The summed E-state index contributed by atoms with van der Waals surface area (Å²) in [6.07, 6.45) is 2.83. The van der Waals surface area contributed by atoms with E-state index in [-0.39, 0.29) is 24.0 Å². The summed E-state index contributed by atoms with van der Waals surface area (Å²) >= 11 is 1.86. The lowest BCUT2D eigenvalue weighted by Crippen LogP contribution is -2.47. The fourth-order valence-electron chi connectivity index (χ4n) is 3.44. The monoisotopic (exact) mass is 508 g/mol. The third-order valence-electron chi connectivity index (χ3n) is 5.20. The molecular formula is C19H33IN4O2S. The molecule has 3 N–H and O–H groups in total. The van der Waals surface area contributed by atoms with E-state index in [0.717, 1.165) is 64.6 Å². The first-order valence-electron chi connectivity index (χ1n) is 9.72. The molecule has 1 aliphatic carbocycles. The van der Waals surface area contributed by atoms with Crippen molar-refractivity contribution in [3.05, 3.63) is 21.9 Å². The maximum Gasteiger partial charge on any atom is 0.191 e. The topological polar surface area (TPSA) is 69.1 Å². The Balaban J connectivity index is 0.00000261. The zero-order valence-corrected chi connectivity index (χ0v) is 19.5. The second-order valence-corrected chi connectivity index (χ2v) is 8.59. The minimum atomic E-state index is -0.586. The Morgan fingerprint density at radius 1 is 1.33 bits per heavy atom. The van der Waals surface area contributed by atoms with Crippen molar-refractivity contribution in [3.63, 3.8) is 0 Å². The summed E-state index contributed by atoms with van der Waals surface area (Å²) in [7, 11) is 0. The highest BCUT2D eigenvalue weighted by Crippen LogP contribution is 2.31. The number of guanidine groups is 1. The molecule has 1 aliphatic heterocycles. The van der Waals surface area contributed by atoms with Gasteiger partial charge in [0, 0.05) is 35.9 Å². The molecule has 1 unspecified atom stereocenters. The lowest BCUT2D eigenvalue weighted by atomic mass is 9.80. The minimum absolute atomic E-state index is 0. The number of hydrogen-bond acceptors (Lipinski definition) is 5. The SMILES string of the molecule is CCNC(=NCC1(O)CCC1)NCC(c1ccc(C)s1)N1CCOCC1.I. The van der Waals surface area contributed by atoms with Crippen LogP contribution in [0, 0.1) is 6.92 Å². The summed E-state index contributed by atoms with van der Waals surface area (Å²) in [6.45, 7) is 9.80. The lowest BCUT2D eigenvalue weighted by Gasteiger charge is -2.36. The number of aliphatic imine (C=N–C) groups is 1. The first-order valence-corrected chi connectivity index (χ1v) is 10.5. The van der Waals surface area contributed by atoms with Crippen LogP contribution in [0.25, 0.3) is 0 Å². The number of nitrogens with zero attached hydrogens (tertiary/aromatic N) is 2. The van der Waals surface area contributed by atoms with Crippen LogP contribution in [0.2, 0.25) is 0 Å². The van der Waals surface area contributed by atoms with Gasteiger partial charge in [-0.3, -0.25) is 9.89 Å². The molecule has 1 saturated heterocycles. The molecule has 6 nitrogen and oxygen atoms in total. The molecule has 8 heteroatoms. The van der Waals surface area contributed by atoms with Crippen LogP contribution in [0.15, 0.2) is 17.1 Å². The van der Waals surface area contributed by atoms with Gasteiger partial charge in [0.15, 0.2) is 5.96 Å². The van der Waals surface area contributed by atoms with Gasteiger partial charge < -0.3 is 20.5 Å². The van der Waals surface area contributed by atoms with Gasteiger partial charge in [-0.1, -0.05) is 0 Å². The molecule has 1 atom stereocenters. The van der Waals surface area contributed by atoms with Crippen molar-refractivity contribution in [2.24, 2.45) is 4.99 Å². The molecule has 27 heavy (non-hydrogen) atoms. The zero-order valence-electron chi connectivity index (χ0n) is 16.4. The molecule has 1 aromatic rings.